The lowest BCUT2D eigenvalue weighted by Crippen LogP contribution is -2.02. The van der Waals surface area contributed by atoms with Crippen LogP contribution in [0.4, 0.5) is 0 Å². The van der Waals surface area contributed by atoms with Gasteiger partial charge in [0.1, 0.15) is 5.58 Å². The van der Waals surface area contributed by atoms with Crippen LogP contribution in [0.2, 0.25) is 0 Å². The summed E-state index contributed by atoms with van der Waals surface area (Å²) in [4.78, 5) is 12.2. The number of fused-ring (bicyclic) bond motifs is 1. The molecule has 0 amide bonds. The third-order valence-electron chi connectivity index (χ3n) is 3.42. The van der Waals surface area contributed by atoms with Gasteiger partial charge < -0.3 is 19.0 Å². The van der Waals surface area contributed by atoms with Crippen molar-refractivity contribution in [2.45, 2.75) is 0 Å². The Morgan fingerprint density at radius 3 is 2.45 bits per heavy atom. The highest BCUT2D eigenvalue weighted by atomic mass is 16.5. The maximum absolute atomic E-state index is 12.2. The SMILES string of the molecule is COc1ccc(-c2oc3ccccc3c(=O)c2O)cc1OC. The predicted molar refractivity (Wildman–Crippen MR) is 82.7 cm³/mol. The maximum atomic E-state index is 12.2. The predicted octanol–water partition coefficient (Wildman–Crippen LogP) is 3.18. The summed E-state index contributed by atoms with van der Waals surface area (Å²) in [5.41, 5.74) is 0.472. The van der Waals surface area contributed by atoms with Crippen molar-refractivity contribution in [2.24, 2.45) is 0 Å². The van der Waals surface area contributed by atoms with E-state index in [0.717, 1.165) is 0 Å². The lowest BCUT2D eigenvalue weighted by atomic mass is 10.1. The minimum absolute atomic E-state index is 0.102. The maximum Gasteiger partial charge on any atom is 0.235 e. The number of para-hydroxylation sites is 1. The van der Waals surface area contributed by atoms with Crippen molar-refractivity contribution in [1.82, 2.24) is 0 Å². The van der Waals surface area contributed by atoms with E-state index in [9.17, 15) is 9.90 Å². The average Bonchev–Trinajstić information content (AvgIpc) is 2.57. The van der Waals surface area contributed by atoms with Gasteiger partial charge in [-0.15, -0.1) is 0 Å². The molecule has 0 aliphatic rings. The molecule has 0 aliphatic carbocycles. The number of hydrogen-bond donors (Lipinski definition) is 1. The van der Waals surface area contributed by atoms with Gasteiger partial charge in [0, 0.05) is 5.56 Å². The summed E-state index contributed by atoms with van der Waals surface area (Å²) in [6, 6.07) is 11.8. The van der Waals surface area contributed by atoms with E-state index in [1.165, 1.54) is 14.2 Å². The van der Waals surface area contributed by atoms with Crippen LogP contribution < -0.4 is 14.9 Å². The summed E-state index contributed by atoms with van der Waals surface area (Å²) < 4.78 is 16.1. The number of methoxy groups -OCH3 is 2. The summed E-state index contributed by atoms with van der Waals surface area (Å²) in [6.07, 6.45) is 0. The first-order chi connectivity index (χ1) is 10.7. The van der Waals surface area contributed by atoms with E-state index in [0.29, 0.717) is 28.0 Å². The first kappa shape index (κ1) is 14.0. The molecule has 3 aromatic rings. The zero-order valence-electron chi connectivity index (χ0n) is 12.1. The molecular weight excluding hydrogens is 284 g/mol. The van der Waals surface area contributed by atoms with E-state index in [2.05, 4.69) is 0 Å². The van der Waals surface area contributed by atoms with Crippen molar-refractivity contribution in [2.75, 3.05) is 14.2 Å². The second-order valence-electron chi connectivity index (χ2n) is 4.67. The van der Waals surface area contributed by atoms with Gasteiger partial charge >= 0.3 is 0 Å². The minimum Gasteiger partial charge on any atom is -0.502 e. The quantitative estimate of drug-likeness (QED) is 0.804. The van der Waals surface area contributed by atoms with E-state index in [1.54, 1.807) is 42.5 Å². The number of ether oxygens (including phenoxy) is 2. The van der Waals surface area contributed by atoms with Gasteiger partial charge in [-0.05, 0) is 30.3 Å². The molecule has 1 heterocycles. The van der Waals surface area contributed by atoms with E-state index in [-0.39, 0.29) is 5.76 Å². The Bertz CT molecular complexity index is 895. The van der Waals surface area contributed by atoms with E-state index < -0.39 is 11.2 Å². The zero-order valence-corrected chi connectivity index (χ0v) is 12.1. The average molecular weight is 298 g/mol. The van der Waals surface area contributed by atoms with Crippen molar-refractivity contribution >= 4 is 11.0 Å². The minimum atomic E-state index is -0.466. The largest absolute Gasteiger partial charge is 0.502 e. The Labute approximate surface area is 126 Å². The van der Waals surface area contributed by atoms with Crippen molar-refractivity contribution in [3.8, 4) is 28.6 Å². The Balaban J connectivity index is 2.26. The molecule has 1 N–H and O–H groups in total. The molecule has 3 rings (SSSR count). The second kappa shape index (κ2) is 5.44. The molecular formula is C17H14O5. The van der Waals surface area contributed by atoms with Gasteiger partial charge in [-0.3, -0.25) is 4.79 Å². The molecule has 0 saturated heterocycles. The molecule has 0 unspecified atom stereocenters. The Kier molecular flexibility index (Phi) is 3.47. The molecule has 5 heteroatoms. The van der Waals surface area contributed by atoms with Gasteiger partial charge in [0.05, 0.1) is 19.6 Å². The van der Waals surface area contributed by atoms with Crippen LogP contribution in [-0.2, 0) is 0 Å². The summed E-state index contributed by atoms with van der Waals surface area (Å²) in [7, 11) is 3.04. The fourth-order valence-electron chi connectivity index (χ4n) is 2.31. The van der Waals surface area contributed by atoms with Gasteiger partial charge in [-0.1, -0.05) is 12.1 Å². The number of benzene rings is 2. The number of rotatable bonds is 3. The summed E-state index contributed by atoms with van der Waals surface area (Å²) in [5, 5.41) is 10.5. The normalized spacial score (nSPS) is 10.6. The first-order valence-corrected chi connectivity index (χ1v) is 6.63. The van der Waals surface area contributed by atoms with Gasteiger partial charge in [0.2, 0.25) is 11.2 Å². The van der Waals surface area contributed by atoms with Crippen LogP contribution in [0.3, 0.4) is 0 Å². The molecule has 0 bridgehead atoms. The molecule has 112 valence electrons. The molecule has 0 fully saturated rings. The molecule has 1 aromatic heterocycles. The standard InChI is InChI=1S/C17H14O5/c1-20-13-8-7-10(9-14(13)21-2)17-16(19)15(18)11-5-3-4-6-12(11)22-17/h3-9,19H,1-2H3. The van der Waals surface area contributed by atoms with Crippen molar-refractivity contribution in [3.05, 3.63) is 52.7 Å². The molecule has 0 saturated carbocycles. The van der Waals surface area contributed by atoms with E-state index in [1.807, 2.05) is 0 Å². The van der Waals surface area contributed by atoms with Gasteiger partial charge in [-0.25, -0.2) is 0 Å². The third-order valence-corrected chi connectivity index (χ3v) is 3.42. The van der Waals surface area contributed by atoms with Crippen molar-refractivity contribution < 1.29 is 19.0 Å². The summed E-state index contributed by atoms with van der Waals surface area (Å²) >= 11 is 0. The second-order valence-corrected chi connectivity index (χ2v) is 4.67. The molecule has 22 heavy (non-hydrogen) atoms. The molecule has 0 spiro atoms. The number of hydrogen-bond acceptors (Lipinski definition) is 5. The third kappa shape index (κ3) is 2.16. The lowest BCUT2D eigenvalue weighted by molar-refractivity contribution is 0.355. The molecule has 2 aromatic carbocycles. The smallest absolute Gasteiger partial charge is 0.235 e. The van der Waals surface area contributed by atoms with Crippen LogP contribution in [0.15, 0.2) is 51.7 Å². The topological polar surface area (TPSA) is 68.9 Å². The summed E-state index contributed by atoms with van der Waals surface area (Å²) in [6.45, 7) is 0. The van der Waals surface area contributed by atoms with E-state index >= 15 is 0 Å². The Hall–Kier alpha value is -2.95. The first-order valence-electron chi connectivity index (χ1n) is 6.63. The van der Waals surface area contributed by atoms with Crippen LogP contribution in [0.25, 0.3) is 22.3 Å². The summed E-state index contributed by atoms with van der Waals surface area (Å²) in [5.74, 6) is 0.708. The van der Waals surface area contributed by atoms with Crippen LogP contribution >= 0.6 is 0 Å². The van der Waals surface area contributed by atoms with Gasteiger partial charge in [-0.2, -0.15) is 0 Å². The van der Waals surface area contributed by atoms with Crippen molar-refractivity contribution in [3.63, 3.8) is 0 Å². The Morgan fingerprint density at radius 2 is 1.73 bits per heavy atom. The van der Waals surface area contributed by atoms with E-state index in [4.69, 9.17) is 13.9 Å². The fourth-order valence-corrected chi connectivity index (χ4v) is 2.31. The zero-order chi connectivity index (χ0) is 15.7. The van der Waals surface area contributed by atoms with Gasteiger partial charge in [0.15, 0.2) is 17.3 Å². The van der Waals surface area contributed by atoms with Crippen LogP contribution in [0.1, 0.15) is 0 Å². The molecule has 0 radical (unpaired) electrons. The molecule has 5 nitrogen and oxygen atoms in total. The highest BCUT2D eigenvalue weighted by Crippen LogP contribution is 2.36. The molecule has 0 aliphatic heterocycles. The highest BCUT2D eigenvalue weighted by Gasteiger charge is 2.16. The number of aromatic hydroxyl groups is 1. The fraction of sp³-hybridized carbons (Fsp3) is 0.118. The van der Waals surface area contributed by atoms with Crippen LogP contribution in [0.5, 0.6) is 17.2 Å². The van der Waals surface area contributed by atoms with Gasteiger partial charge in [0.25, 0.3) is 0 Å². The lowest BCUT2D eigenvalue weighted by Gasteiger charge is -2.10. The van der Waals surface area contributed by atoms with Crippen LogP contribution in [-0.4, -0.2) is 19.3 Å². The molecule has 0 atom stereocenters. The highest BCUT2D eigenvalue weighted by molar-refractivity contribution is 5.82. The van der Waals surface area contributed by atoms with Crippen LogP contribution in [0, 0.1) is 0 Å². The monoisotopic (exact) mass is 298 g/mol. The Morgan fingerprint density at radius 1 is 1.00 bits per heavy atom. The van der Waals surface area contributed by atoms with Crippen molar-refractivity contribution in [1.29, 1.82) is 0 Å².